The summed E-state index contributed by atoms with van der Waals surface area (Å²) in [6, 6.07) is 0. The second-order valence-corrected chi connectivity index (χ2v) is 4.80. The summed E-state index contributed by atoms with van der Waals surface area (Å²) in [5, 5.41) is 0. The molecule has 0 radical (unpaired) electrons. The molecule has 3 heteroatoms. The van der Waals surface area contributed by atoms with Crippen molar-refractivity contribution in [3.05, 3.63) is 0 Å². The molecule has 3 saturated carbocycles. The van der Waals surface area contributed by atoms with E-state index in [0.29, 0.717) is 13.8 Å². The van der Waals surface area contributed by atoms with E-state index < -0.39 is 0 Å². The predicted octanol–water partition coefficient (Wildman–Crippen LogP) is 1.10. The van der Waals surface area contributed by atoms with Gasteiger partial charge in [-0.15, -0.1) is 0 Å². The highest BCUT2D eigenvalue weighted by Gasteiger charge is 2.60. The molecule has 66 valence electrons. The van der Waals surface area contributed by atoms with Crippen LogP contribution < -0.4 is 0 Å². The van der Waals surface area contributed by atoms with Crippen LogP contribution in [-0.4, -0.2) is 19.4 Å². The minimum absolute atomic E-state index is 0.0637. The Morgan fingerprint density at radius 3 is 3.00 bits per heavy atom. The Kier molecular flexibility index (Phi) is 1.28. The van der Waals surface area contributed by atoms with Crippen molar-refractivity contribution < 1.29 is 9.31 Å². The van der Waals surface area contributed by atoms with Gasteiger partial charge in [-0.05, 0) is 37.5 Å². The third-order valence-electron chi connectivity index (χ3n) is 4.47. The molecule has 3 aliphatic carbocycles. The van der Waals surface area contributed by atoms with Gasteiger partial charge in [0.1, 0.15) is 0 Å². The molecule has 5 unspecified atom stereocenters. The summed E-state index contributed by atoms with van der Waals surface area (Å²) in [6.45, 7) is 4.60. The molecule has 0 N–H and O–H groups in total. The summed E-state index contributed by atoms with van der Waals surface area (Å²) >= 11 is 0. The lowest BCUT2D eigenvalue weighted by atomic mass is 9.51. The minimum Gasteiger partial charge on any atom is -0.408 e. The van der Waals surface area contributed by atoms with E-state index in [1.165, 1.54) is 12.8 Å². The topological polar surface area (TPSA) is 18.5 Å². The molecular formula is C9H15BO2. The Morgan fingerprint density at radius 2 is 2.25 bits per heavy atom. The normalized spacial score (nSPS) is 61.8. The summed E-state index contributed by atoms with van der Waals surface area (Å²) in [6.07, 6.45) is 3.00. The molecule has 0 aromatic heterocycles. The van der Waals surface area contributed by atoms with Gasteiger partial charge in [0.25, 0.3) is 0 Å². The predicted molar refractivity (Wildman–Crippen MR) is 46.9 cm³/mol. The summed E-state index contributed by atoms with van der Waals surface area (Å²) in [7, 11) is 0.525. The molecule has 4 fully saturated rings. The van der Waals surface area contributed by atoms with Crippen molar-refractivity contribution in [1.82, 2.24) is 0 Å². The van der Waals surface area contributed by atoms with Crippen LogP contribution in [0.5, 0.6) is 0 Å². The fourth-order valence-corrected chi connectivity index (χ4v) is 3.38. The third-order valence-corrected chi connectivity index (χ3v) is 4.47. The zero-order chi connectivity index (χ0) is 8.34. The van der Waals surface area contributed by atoms with Crippen LogP contribution in [0.25, 0.3) is 0 Å². The van der Waals surface area contributed by atoms with Gasteiger partial charge in [-0.2, -0.15) is 0 Å². The summed E-state index contributed by atoms with van der Waals surface area (Å²) in [4.78, 5) is 0. The van der Waals surface area contributed by atoms with Crippen LogP contribution in [-0.2, 0) is 9.31 Å². The monoisotopic (exact) mass is 166 g/mol. The molecule has 0 spiro atoms. The lowest BCUT2D eigenvalue weighted by Gasteiger charge is -2.58. The smallest absolute Gasteiger partial charge is 0.408 e. The zero-order valence-electron chi connectivity index (χ0n) is 7.75. The van der Waals surface area contributed by atoms with E-state index in [9.17, 15) is 0 Å². The van der Waals surface area contributed by atoms with Crippen LogP contribution in [0.2, 0.25) is 0 Å². The zero-order valence-corrected chi connectivity index (χ0v) is 7.75. The van der Waals surface area contributed by atoms with Gasteiger partial charge in [-0.25, -0.2) is 0 Å². The molecule has 1 heterocycles. The van der Waals surface area contributed by atoms with Gasteiger partial charge >= 0.3 is 7.69 Å². The maximum Gasteiger partial charge on any atom is 0.438 e. The molecule has 5 atom stereocenters. The molecular weight excluding hydrogens is 151 g/mol. The van der Waals surface area contributed by atoms with E-state index >= 15 is 0 Å². The Bertz CT molecular complexity index is 221. The molecule has 1 aliphatic heterocycles. The Balaban J connectivity index is 1.93. The van der Waals surface area contributed by atoms with E-state index in [1.54, 1.807) is 0 Å². The average Bonchev–Trinajstić information content (AvgIpc) is 2.43. The van der Waals surface area contributed by atoms with Crippen LogP contribution in [0.3, 0.4) is 0 Å². The number of hydrogen-bond donors (Lipinski definition) is 0. The van der Waals surface area contributed by atoms with Crippen molar-refractivity contribution in [2.24, 2.45) is 17.8 Å². The van der Waals surface area contributed by atoms with Crippen LogP contribution >= 0.6 is 0 Å². The number of hydrogen-bond acceptors (Lipinski definition) is 2. The SMILES string of the molecule is CC1C2CC3OBOC3(C)C1C2. The molecule has 4 rings (SSSR count). The fourth-order valence-electron chi connectivity index (χ4n) is 3.38. The van der Waals surface area contributed by atoms with Crippen LogP contribution in [0.15, 0.2) is 0 Å². The Hall–Kier alpha value is -0.0151. The van der Waals surface area contributed by atoms with Crippen molar-refractivity contribution in [3.63, 3.8) is 0 Å². The Morgan fingerprint density at radius 1 is 1.42 bits per heavy atom. The third kappa shape index (κ3) is 0.659. The van der Waals surface area contributed by atoms with Crippen molar-refractivity contribution in [2.45, 2.75) is 38.4 Å². The van der Waals surface area contributed by atoms with E-state index in [4.69, 9.17) is 9.31 Å². The van der Waals surface area contributed by atoms with Gasteiger partial charge in [0.05, 0.1) is 11.7 Å². The quantitative estimate of drug-likeness (QED) is 0.501. The highest BCUT2D eigenvalue weighted by Crippen LogP contribution is 2.58. The lowest BCUT2D eigenvalue weighted by molar-refractivity contribution is -0.151. The maximum absolute atomic E-state index is 5.74. The molecule has 0 aromatic carbocycles. The molecule has 0 aromatic rings. The van der Waals surface area contributed by atoms with E-state index in [-0.39, 0.29) is 5.60 Å². The van der Waals surface area contributed by atoms with Crippen LogP contribution in [0.4, 0.5) is 0 Å². The summed E-state index contributed by atoms with van der Waals surface area (Å²) in [5.74, 6) is 2.56. The molecule has 1 saturated heterocycles. The fraction of sp³-hybridized carbons (Fsp3) is 1.00. The highest BCUT2D eigenvalue weighted by molar-refractivity contribution is 6.19. The molecule has 2 bridgehead atoms. The maximum atomic E-state index is 5.74. The molecule has 4 aliphatic rings. The lowest BCUT2D eigenvalue weighted by Crippen LogP contribution is -2.60. The van der Waals surface area contributed by atoms with Crippen LogP contribution in [0, 0.1) is 17.8 Å². The van der Waals surface area contributed by atoms with Crippen molar-refractivity contribution in [1.29, 1.82) is 0 Å². The first kappa shape index (κ1) is 7.39. The molecule has 0 amide bonds. The second kappa shape index (κ2) is 2.07. The van der Waals surface area contributed by atoms with Gasteiger partial charge in [-0.1, -0.05) is 6.92 Å². The highest BCUT2D eigenvalue weighted by atomic mass is 16.6. The van der Waals surface area contributed by atoms with E-state index in [0.717, 1.165) is 17.8 Å². The van der Waals surface area contributed by atoms with Crippen molar-refractivity contribution in [2.75, 3.05) is 0 Å². The van der Waals surface area contributed by atoms with E-state index in [1.807, 2.05) is 0 Å². The minimum atomic E-state index is 0.0637. The first-order valence-corrected chi connectivity index (χ1v) is 4.97. The first-order chi connectivity index (χ1) is 5.72. The number of rotatable bonds is 0. The van der Waals surface area contributed by atoms with Crippen molar-refractivity contribution >= 4 is 7.69 Å². The van der Waals surface area contributed by atoms with Gasteiger partial charge in [-0.3, -0.25) is 0 Å². The van der Waals surface area contributed by atoms with Gasteiger partial charge < -0.3 is 9.31 Å². The standard InChI is InChI=1S/C9H15BO2/c1-5-6-3-7(5)9(2)8(4-6)11-10-12-9/h5-8,10H,3-4H2,1-2H3. The Labute approximate surface area is 73.9 Å². The summed E-state index contributed by atoms with van der Waals surface area (Å²) < 4.78 is 11.3. The van der Waals surface area contributed by atoms with Gasteiger partial charge in [0.15, 0.2) is 0 Å². The van der Waals surface area contributed by atoms with Crippen molar-refractivity contribution in [3.8, 4) is 0 Å². The van der Waals surface area contributed by atoms with Gasteiger partial charge in [0, 0.05) is 0 Å². The largest absolute Gasteiger partial charge is 0.438 e. The average molecular weight is 166 g/mol. The van der Waals surface area contributed by atoms with E-state index in [2.05, 4.69) is 13.8 Å². The molecule has 12 heavy (non-hydrogen) atoms. The van der Waals surface area contributed by atoms with Gasteiger partial charge in [0.2, 0.25) is 0 Å². The summed E-state index contributed by atoms with van der Waals surface area (Å²) in [5.41, 5.74) is 0.0637. The second-order valence-electron chi connectivity index (χ2n) is 4.80. The molecule has 2 nitrogen and oxygen atoms in total. The first-order valence-electron chi connectivity index (χ1n) is 4.97. The van der Waals surface area contributed by atoms with Crippen LogP contribution in [0.1, 0.15) is 26.7 Å².